The Bertz CT molecular complexity index is 914. The topological polar surface area (TPSA) is 98.2 Å². The van der Waals surface area contributed by atoms with Crippen molar-refractivity contribution in [2.24, 2.45) is 5.10 Å². The van der Waals surface area contributed by atoms with Gasteiger partial charge in [-0.3, -0.25) is 9.59 Å². The summed E-state index contributed by atoms with van der Waals surface area (Å²) in [5.41, 5.74) is 3.75. The number of para-hydroxylation sites is 2. The van der Waals surface area contributed by atoms with E-state index in [0.29, 0.717) is 36.1 Å². The van der Waals surface area contributed by atoms with Gasteiger partial charge in [0.25, 0.3) is 0 Å². The zero-order chi connectivity index (χ0) is 23.2. The van der Waals surface area contributed by atoms with Crippen LogP contribution in [0.4, 0.5) is 5.69 Å². The molecule has 172 valence electrons. The van der Waals surface area contributed by atoms with Crippen molar-refractivity contribution >= 4 is 23.7 Å². The highest BCUT2D eigenvalue weighted by Gasteiger charge is 2.10. The Kier molecular flexibility index (Phi) is 10.6. The van der Waals surface area contributed by atoms with Gasteiger partial charge in [-0.1, -0.05) is 25.5 Å². The van der Waals surface area contributed by atoms with Crippen LogP contribution in [0, 0.1) is 0 Å². The van der Waals surface area contributed by atoms with Crippen LogP contribution in [0.2, 0.25) is 0 Å². The Labute approximate surface area is 188 Å². The van der Waals surface area contributed by atoms with Gasteiger partial charge < -0.3 is 19.5 Å². The quantitative estimate of drug-likeness (QED) is 0.277. The summed E-state index contributed by atoms with van der Waals surface area (Å²) in [6.07, 6.45) is 3.57. The molecule has 2 rings (SSSR count). The molecule has 2 amide bonds. The number of hydrogen-bond acceptors (Lipinski definition) is 6. The van der Waals surface area contributed by atoms with E-state index in [9.17, 15) is 9.59 Å². The average Bonchev–Trinajstić information content (AvgIpc) is 2.80. The minimum absolute atomic E-state index is 0.00667. The molecule has 0 aliphatic rings. The van der Waals surface area contributed by atoms with Gasteiger partial charge in [-0.05, 0) is 49.2 Å². The average molecular weight is 442 g/mol. The lowest BCUT2D eigenvalue weighted by Gasteiger charge is -2.12. The minimum Gasteiger partial charge on any atom is -0.495 e. The van der Waals surface area contributed by atoms with Crippen LogP contribution in [0.15, 0.2) is 47.6 Å². The number of rotatable bonds is 13. The van der Waals surface area contributed by atoms with E-state index < -0.39 is 0 Å². The number of unbranched alkanes of at least 4 members (excludes halogenated alkanes) is 1. The monoisotopic (exact) mass is 441 g/mol. The smallest absolute Gasteiger partial charge is 0.240 e. The molecule has 0 saturated heterocycles. The third kappa shape index (κ3) is 8.29. The van der Waals surface area contributed by atoms with Crippen LogP contribution in [-0.2, 0) is 9.59 Å². The van der Waals surface area contributed by atoms with Crippen molar-refractivity contribution in [3.05, 3.63) is 48.0 Å². The van der Waals surface area contributed by atoms with E-state index in [4.69, 9.17) is 14.2 Å². The Morgan fingerprint density at radius 2 is 1.75 bits per heavy atom. The Balaban J connectivity index is 1.83. The third-order valence-corrected chi connectivity index (χ3v) is 4.39. The van der Waals surface area contributed by atoms with E-state index in [1.165, 1.54) is 13.3 Å². The molecule has 0 unspecified atom stereocenters. The highest BCUT2D eigenvalue weighted by atomic mass is 16.5. The van der Waals surface area contributed by atoms with Crippen molar-refractivity contribution in [3.8, 4) is 17.2 Å². The van der Waals surface area contributed by atoms with Gasteiger partial charge in [0, 0.05) is 12.8 Å². The molecule has 0 bridgehead atoms. The lowest BCUT2D eigenvalue weighted by molar-refractivity contribution is -0.124. The number of nitrogens with one attached hydrogen (secondary N) is 2. The van der Waals surface area contributed by atoms with Crippen molar-refractivity contribution in [1.82, 2.24) is 5.43 Å². The van der Waals surface area contributed by atoms with Crippen LogP contribution >= 0.6 is 0 Å². The molecule has 0 heterocycles. The lowest BCUT2D eigenvalue weighted by Crippen LogP contribution is -2.20. The Hall–Kier alpha value is -3.55. The fraction of sp³-hybridized carbons (Fsp3) is 0.375. The van der Waals surface area contributed by atoms with Crippen LogP contribution in [0.3, 0.4) is 0 Å². The van der Waals surface area contributed by atoms with Gasteiger partial charge in [0.1, 0.15) is 5.75 Å². The number of carbonyl (C=O) groups excluding carboxylic acids is 2. The van der Waals surface area contributed by atoms with E-state index in [1.54, 1.807) is 24.3 Å². The number of hydrazone groups is 1. The van der Waals surface area contributed by atoms with Crippen molar-refractivity contribution in [2.45, 2.75) is 39.5 Å². The second-order valence-electron chi connectivity index (χ2n) is 6.88. The first-order chi connectivity index (χ1) is 15.6. The maximum absolute atomic E-state index is 12.1. The first-order valence-electron chi connectivity index (χ1n) is 10.7. The predicted octanol–water partition coefficient (Wildman–Crippen LogP) is 4.14. The van der Waals surface area contributed by atoms with E-state index in [2.05, 4.69) is 22.8 Å². The molecule has 0 saturated carbocycles. The molecular formula is C24H31N3O5. The summed E-state index contributed by atoms with van der Waals surface area (Å²) in [5.74, 6) is 1.23. The standard InChI is InChI=1S/C24H31N3O5/c1-4-6-15-32-21-12-11-18(16-22(21)31-5-2)17-25-27-24(29)14-13-23(28)26-19-9-7-8-10-20(19)30-3/h7-12,16-17H,4-6,13-15H2,1-3H3,(H,26,28)(H,27,29). The van der Waals surface area contributed by atoms with Crippen molar-refractivity contribution in [2.75, 3.05) is 25.6 Å². The molecule has 0 aromatic heterocycles. The van der Waals surface area contributed by atoms with Crippen LogP contribution < -0.4 is 25.0 Å². The van der Waals surface area contributed by atoms with Crippen LogP contribution in [-0.4, -0.2) is 38.4 Å². The molecule has 2 aromatic rings. The number of anilines is 1. The summed E-state index contributed by atoms with van der Waals surface area (Å²) in [6.45, 7) is 5.15. The van der Waals surface area contributed by atoms with E-state index in [0.717, 1.165) is 18.4 Å². The largest absolute Gasteiger partial charge is 0.495 e. The number of hydrogen-bond donors (Lipinski definition) is 2. The number of benzene rings is 2. The van der Waals surface area contributed by atoms with Crippen LogP contribution in [0.1, 0.15) is 45.1 Å². The summed E-state index contributed by atoms with van der Waals surface area (Å²) in [6, 6.07) is 12.5. The lowest BCUT2D eigenvalue weighted by atomic mass is 10.2. The third-order valence-electron chi connectivity index (χ3n) is 4.39. The van der Waals surface area contributed by atoms with Gasteiger partial charge in [0.05, 0.1) is 32.2 Å². The molecular weight excluding hydrogens is 410 g/mol. The summed E-state index contributed by atoms with van der Waals surface area (Å²) in [4.78, 5) is 24.1. The first kappa shape index (κ1) is 24.7. The molecule has 2 N–H and O–H groups in total. The summed E-state index contributed by atoms with van der Waals surface area (Å²) in [5, 5.41) is 6.70. The van der Waals surface area contributed by atoms with Gasteiger partial charge >= 0.3 is 0 Å². The molecule has 32 heavy (non-hydrogen) atoms. The van der Waals surface area contributed by atoms with Crippen molar-refractivity contribution in [3.63, 3.8) is 0 Å². The second-order valence-corrected chi connectivity index (χ2v) is 6.88. The van der Waals surface area contributed by atoms with E-state index in [1.807, 2.05) is 25.1 Å². The number of ether oxygens (including phenoxy) is 3. The zero-order valence-electron chi connectivity index (χ0n) is 18.8. The molecule has 2 aromatic carbocycles. The Morgan fingerprint density at radius 3 is 2.50 bits per heavy atom. The maximum atomic E-state index is 12.1. The number of nitrogens with zero attached hydrogens (tertiary/aromatic N) is 1. The van der Waals surface area contributed by atoms with Gasteiger partial charge in [-0.2, -0.15) is 5.10 Å². The molecule has 0 spiro atoms. The van der Waals surface area contributed by atoms with E-state index >= 15 is 0 Å². The minimum atomic E-state index is -0.360. The molecule has 8 nitrogen and oxygen atoms in total. The molecule has 8 heteroatoms. The Morgan fingerprint density at radius 1 is 0.969 bits per heavy atom. The molecule has 0 fully saturated rings. The fourth-order valence-electron chi connectivity index (χ4n) is 2.74. The van der Waals surface area contributed by atoms with Gasteiger partial charge in [0.2, 0.25) is 11.8 Å². The predicted molar refractivity (Wildman–Crippen MR) is 125 cm³/mol. The van der Waals surface area contributed by atoms with E-state index in [-0.39, 0.29) is 24.7 Å². The van der Waals surface area contributed by atoms with Crippen LogP contribution in [0.25, 0.3) is 0 Å². The molecule has 0 aliphatic carbocycles. The molecule has 0 radical (unpaired) electrons. The first-order valence-corrected chi connectivity index (χ1v) is 10.7. The number of methoxy groups -OCH3 is 1. The summed E-state index contributed by atoms with van der Waals surface area (Å²) >= 11 is 0. The van der Waals surface area contributed by atoms with Crippen molar-refractivity contribution < 1.29 is 23.8 Å². The summed E-state index contributed by atoms with van der Waals surface area (Å²) in [7, 11) is 1.53. The molecule has 0 aliphatic heterocycles. The molecule has 0 atom stereocenters. The van der Waals surface area contributed by atoms with Crippen LogP contribution in [0.5, 0.6) is 17.2 Å². The SMILES string of the molecule is CCCCOc1ccc(C=NNC(=O)CCC(=O)Nc2ccccc2OC)cc1OCC. The maximum Gasteiger partial charge on any atom is 0.240 e. The fourth-order valence-corrected chi connectivity index (χ4v) is 2.74. The highest BCUT2D eigenvalue weighted by molar-refractivity contribution is 5.94. The number of amides is 2. The zero-order valence-corrected chi connectivity index (χ0v) is 18.8. The van der Waals surface area contributed by atoms with Crippen molar-refractivity contribution in [1.29, 1.82) is 0 Å². The number of carbonyl (C=O) groups is 2. The highest BCUT2D eigenvalue weighted by Crippen LogP contribution is 2.28. The summed E-state index contributed by atoms with van der Waals surface area (Å²) < 4.78 is 16.6. The van der Waals surface area contributed by atoms with Gasteiger partial charge in [-0.25, -0.2) is 5.43 Å². The normalized spacial score (nSPS) is 10.6. The second kappa shape index (κ2) is 13.7. The van der Waals surface area contributed by atoms with Gasteiger partial charge in [-0.15, -0.1) is 0 Å². The van der Waals surface area contributed by atoms with Gasteiger partial charge in [0.15, 0.2) is 11.5 Å².